The highest BCUT2D eigenvalue weighted by molar-refractivity contribution is 7.16. The summed E-state index contributed by atoms with van der Waals surface area (Å²) in [7, 11) is 0. The highest BCUT2D eigenvalue weighted by atomic mass is 32.1. The molecule has 6 nitrogen and oxygen atoms in total. The fourth-order valence-corrected chi connectivity index (χ4v) is 3.77. The van der Waals surface area contributed by atoms with Crippen molar-refractivity contribution in [3.05, 3.63) is 16.0 Å². The zero-order chi connectivity index (χ0) is 21.5. The second-order valence-corrected chi connectivity index (χ2v) is 7.28. The van der Waals surface area contributed by atoms with E-state index < -0.39 is 23.7 Å². The molecule has 0 aliphatic rings. The number of ether oxygens (including phenoxy) is 1. The smallest absolute Gasteiger partial charge is 0.441 e. The van der Waals surface area contributed by atoms with Gasteiger partial charge in [0.1, 0.15) is 11.1 Å². The van der Waals surface area contributed by atoms with Gasteiger partial charge in [0.15, 0.2) is 0 Å². The molecule has 1 rings (SSSR count). The van der Waals surface area contributed by atoms with E-state index >= 15 is 0 Å². The number of rotatable bonds is 9. The van der Waals surface area contributed by atoms with Crippen LogP contribution in [0.2, 0.25) is 0 Å². The van der Waals surface area contributed by atoms with E-state index in [4.69, 9.17) is 0 Å². The number of unbranched alkanes of at least 4 members (excludes halogenated alkanes) is 1. The minimum Gasteiger partial charge on any atom is -0.463 e. The molecule has 0 aromatic carbocycles. The monoisotopic (exact) mass is 419 g/mol. The molecule has 0 aliphatic carbocycles. The third-order valence-electron chi connectivity index (χ3n) is 4.07. The first kappa shape index (κ1) is 23.8. The number of alkyl halides is 3. The van der Waals surface area contributed by atoms with Crippen LogP contribution in [0.4, 0.5) is 18.2 Å². The summed E-state index contributed by atoms with van der Waals surface area (Å²) in [6.45, 7) is 6.29. The Labute approximate surface area is 166 Å². The summed E-state index contributed by atoms with van der Waals surface area (Å²) >= 11 is 0.921. The van der Waals surface area contributed by atoms with Gasteiger partial charge in [0.25, 0.3) is 0 Å². The zero-order valence-electron chi connectivity index (χ0n) is 16.2. The fourth-order valence-electron chi connectivity index (χ4n) is 2.62. The summed E-state index contributed by atoms with van der Waals surface area (Å²) in [5.41, 5.74) is -2.88. The Morgan fingerprint density at radius 1 is 1.25 bits per heavy atom. The molecule has 1 atom stereocenters. The van der Waals surface area contributed by atoms with Crippen molar-refractivity contribution < 1.29 is 27.5 Å². The van der Waals surface area contributed by atoms with Gasteiger partial charge in [-0.15, -0.1) is 11.3 Å². The van der Waals surface area contributed by atoms with Gasteiger partial charge in [0, 0.05) is 11.3 Å². The number of aryl methyl sites for hydroxylation is 1. The van der Waals surface area contributed by atoms with E-state index in [9.17, 15) is 28.0 Å². The average molecular weight is 419 g/mol. The number of carbonyl (C=O) groups excluding carboxylic acids is 2. The molecule has 0 radical (unpaired) electrons. The van der Waals surface area contributed by atoms with Gasteiger partial charge in [-0.05, 0) is 32.3 Å². The molecular weight excluding hydrogens is 395 g/mol. The number of hydrogen-bond donors (Lipinski definition) is 2. The summed E-state index contributed by atoms with van der Waals surface area (Å²) < 4.78 is 46.9. The Morgan fingerprint density at radius 2 is 1.89 bits per heavy atom. The lowest BCUT2D eigenvalue weighted by Gasteiger charge is -2.35. The van der Waals surface area contributed by atoms with Crippen LogP contribution in [0, 0.1) is 18.3 Å². The maximum absolute atomic E-state index is 14.1. The van der Waals surface area contributed by atoms with Gasteiger partial charge >= 0.3 is 17.8 Å². The van der Waals surface area contributed by atoms with Crippen molar-refractivity contribution in [3.8, 4) is 6.07 Å². The number of halogens is 3. The first-order valence-corrected chi connectivity index (χ1v) is 9.74. The number of esters is 1. The Morgan fingerprint density at radius 3 is 2.36 bits per heavy atom. The fraction of sp³-hybridized carbons (Fsp3) is 0.611. The second-order valence-electron chi connectivity index (χ2n) is 6.05. The van der Waals surface area contributed by atoms with Crippen molar-refractivity contribution in [2.75, 3.05) is 11.9 Å². The number of nitrogens with zero attached hydrogens (tertiary/aromatic N) is 1. The van der Waals surface area contributed by atoms with E-state index in [1.807, 2.05) is 6.07 Å². The van der Waals surface area contributed by atoms with Crippen LogP contribution in [0.15, 0.2) is 0 Å². The van der Waals surface area contributed by atoms with E-state index in [0.29, 0.717) is 29.7 Å². The Bertz CT molecular complexity index is 756. The molecule has 28 heavy (non-hydrogen) atoms. The van der Waals surface area contributed by atoms with Crippen LogP contribution >= 0.6 is 11.3 Å². The number of nitrogens with one attached hydrogen (secondary N) is 2. The highest BCUT2D eigenvalue weighted by Gasteiger charge is 2.64. The van der Waals surface area contributed by atoms with Gasteiger partial charge in [0.05, 0.1) is 12.2 Å². The van der Waals surface area contributed by atoms with Crippen molar-refractivity contribution in [1.82, 2.24) is 5.32 Å². The minimum atomic E-state index is -5.21. The molecular formula is C18H24F3N3O3S. The molecule has 0 saturated heterocycles. The van der Waals surface area contributed by atoms with Crippen LogP contribution in [0.3, 0.4) is 0 Å². The SMILES string of the molecule is CCCCC(=O)NC(Nc1sc(C)c(CC)c1C#N)(C(=O)OCC)C(F)(F)F. The van der Waals surface area contributed by atoms with Crippen LogP contribution in [0.1, 0.15) is 56.0 Å². The molecule has 1 amide bonds. The molecule has 10 heteroatoms. The van der Waals surface area contributed by atoms with Crippen molar-refractivity contribution in [2.45, 2.75) is 65.2 Å². The second kappa shape index (κ2) is 9.78. The Kier molecular flexibility index (Phi) is 8.29. The predicted molar refractivity (Wildman–Crippen MR) is 99.9 cm³/mol. The molecule has 0 spiro atoms. The van der Waals surface area contributed by atoms with Crippen LogP contribution < -0.4 is 10.6 Å². The van der Waals surface area contributed by atoms with Gasteiger partial charge in [-0.1, -0.05) is 20.3 Å². The number of nitriles is 1. The van der Waals surface area contributed by atoms with Crippen LogP contribution in [0.5, 0.6) is 0 Å². The molecule has 1 aromatic heterocycles. The summed E-state index contributed by atoms with van der Waals surface area (Å²) in [6.07, 6.45) is -3.98. The zero-order valence-corrected chi connectivity index (χ0v) is 17.1. The lowest BCUT2D eigenvalue weighted by Crippen LogP contribution is -2.69. The van der Waals surface area contributed by atoms with Crippen molar-refractivity contribution >= 4 is 28.2 Å². The number of anilines is 1. The Balaban J connectivity index is 3.51. The predicted octanol–water partition coefficient (Wildman–Crippen LogP) is 4.03. The third kappa shape index (κ3) is 4.95. The standard InChI is InChI=1S/C18H24F3N3O3S/c1-5-8-9-14(25)23-17(18(19,20)21,16(26)27-7-3)24-15-13(10-22)12(6-2)11(4)28-15/h24H,5-9H2,1-4H3,(H,23,25). The Hall–Kier alpha value is -2.28. The van der Waals surface area contributed by atoms with Gasteiger partial charge in [-0.2, -0.15) is 18.4 Å². The highest BCUT2D eigenvalue weighted by Crippen LogP contribution is 2.39. The minimum absolute atomic E-state index is 0.0192. The summed E-state index contributed by atoms with van der Waals surface area (Å²) in [4.78, 5) is 25.2. The molecule has 1 aromatic rings. The van der Waals surface area contributed by atoms with Gasteiger partial charge in [-0.25, -0.2) is 4.79 Å². The van der Waals surface area contributed by atoms with Crippen molar-refractivity contribution in [1.29, 1.82) is 5.26 Å². The van der Waals surface area contributed by atoms with E-state index in [-0.39, 0.29) is 23.6 Å². The van der Waals surface area contributed by atoms with Gasteiger partial charge in [-0.3, -0.25) is 4.79 Å². The first-order chi connectivity index (χ1) is 13.1. The molecule has 2 N–H and O–H groups in total. The maximum atomic E-state index is 14.1. The van der Waals surface area contributed by atoms with Crippen LogP contribution in [0.25, 0.3) is 0 Å². The van der Waals surface area contributed by atoms with E-state index in [0.717, 1.165) is 11.3 Å². The topological polar surface area (TPSA) is 91.2 Å². The lowest BCUT2D eigenvalue weighted by atomic mass is 10.1. The lowest BCUT2D eigenvalue weighted by molar-refractivity contribution is -0.207. The molecule has 1 heterocycles. The molecule has 0 bridgehead atoms. The van der Waals surface area contributed by atoms with E-state index in [2.05, 4.69) is 10.1 Å². The van der Waals surface area contributed by atoms with Crippen molar-refractivity contribution in [3.63, 3.8) is 0 Å². The van der Waals surface area contributed by atoms with E-state index in [1.165, 1.54) is 6.92 Å². The maximum Gasteiger partial charge on any atom is 0.441 e. The van der Waals surface area contributed by atoms with Crippen LogP contribution in [-0.2, 0) is 20.7 Å². The van der Waals surface area contributed by atoms with Crippen molar-refractivity contribution in [2.24, 2.45) is 0 Å². The molecule has 156 valence electrons. The first-order valence-electron chi connectivity index (χ1n) is 8.93. The number of thiophene rings is 1. The van der Waals surface area contributed by atoms with E-state index in [1.54, 1.807) is 26.1 Å². The molecule has 0 fully saturated rings. The molecule has 1 unspecified atom stereocenters. The molecule has 0 saturated carbocycles. The average Bonchev–Trinajstić information content (AvgIpc) is 2.92. The number of hydrogen-bond acceptors (Lipinski definition) is 6. The van der Waals surface area contributed by atoms with Crippen LogP contribution in [-0.4, -0.2) is 30.3 Å². The molecule has 0 aliphatic heterocycles. The summed E-state index contributed by atoms with van der Waals surface area (Å²) in [5, 5.41) is 13.2. The normalized spacial score (nSPS) is 13.4. The largest absolute Gasteiger partial charge is 0.463 e. The quantitative estimate of drug-likeness (QED) is 0.466. The number of carbonyl (C=O) groups is 2. The summed E-state index contributed by atoms with van der Waals surface area (Å²) in [5.74, 6) is -2.62. The summed E-state index contributed by atoms with van der Waals surface area (Å²) in [6, 6.07) is 1.88. The third-order valence-corrected chi connectivity index (χ3v) is 5.13. The van der Waals surface area contributed by atoms with Gasteiger partial charge < -0.3 is 15.4 Å². The van der Waals surface area contributed by atoms with Gasteiger partial charge in [0.2, 0.25) is 5.91 Å². The number of amides is 1.